The number of aromatic nitrogens is 1. The zero-order valence-electron chi connectivity index (χ0n) is 14.5. The molecule has 3 aromatic rings. The molecule has 3 rings (SSSR count). The number of nitrogens with one attached hydrogen (secondary N) is 1. The summed E-state index contributed by atoms with van der Waals surface area (Å²) in [6, 6.07) is 14.2. The second kappa shape index (κ2) is 7.90. The summed E-state index contributed by atoms with van der Waals surface area (Å²) in [7, 11) is -3.85. The van der Waals surface area contributed by atoms with Gasteiger partial charge in [0, 0.05) is 28.5 Å². The minimum atomic E-state index is -3.85. The van der Waals surface area contributed by atoms with E-state index < -0.39 is 10.0 Å². The molecule has 0 radical (unpaired) electrons. The molecule has 7 heteroatoms. The summed E-state index contributed by atoms with van der Waals surface area (Å²) < 4.78 is 28.0. The van der Waals surface area contributed by atoms with Crippen LogP contribution in [0.3, 0.4) is 0 Å². The van der Waals surface area contributed by atoms with Gasteiger partial charge in [-0.3, -0.25) is 14.5 Å². The van der Waals surface area contributed by atoms with E-state index in [4.69, 9.17) is 11.6 Å². The summed E-state index contributed by atoms with van der Waals surface area (Å²) in [6.07, 6.45) is 3.81. The van der Waals surface area contributed by atoms with Gasteiger partial charge in [-0.15, -0.1) is 0 Å². The number of carbonyl (C=O) groups excluding carboxylic acids is 1. The van der Waals surface area contributed by atoms with Gasteiger partial charge < -0.3 is 0 Å². The number of ketones is 1. The Labute approximate surface area is 163 Å². The number of aryl methyl sites for hydroxylation is 1. The molecular formula is C20H17ClN2O3S. The molecule has 0 bridgehead atoms. The van der Waals surface area contributed by atoms with Crippen molar-refractivity contribution in [1.29, 1.82) is 0 Å². The smallest absolute Gasteiger partial charge is 0.261 e. The average Bonchev–Trinajstić information content (AvgIpc) is 2.69. The number of halogens is 1. The lowest BCUT2D eigenvalue weighted by molar-refractivity contribution is 0.103. The number of pyridine rings is 1. The Morgan fingerprint density at radius 2 is 1.70 bits per heavy atom. The monoisotopic (exact) mass is 400 g/mol. The maximum atomic E-state index is 12.8. The molecule has 0 atom stereocenters. The quantitative estimate of drug-likeness (QED) is 0.625. The van der Waals surface area contributed by atoms with Gasteiger partial charge in [-0.25, -0.2) is 8.42 Å². The first-order chi connectivity index (χ1) is 12.9. The molecule has 0 unspecified atom stereocenters. The van der Waals surface area contributed by atoms with Gasteiger partial charge in [0.2, 0.25) is 0 Å². The number of rotatable bonds is 6. The lowest BCUT2D eigenvalue weighted by Gasteiger charge is -2.13. The fourth-order valence-corrected chi connectivity index (χ4v) is 3.81. The standard InChI is InChI=1S/C20H17ClN2O3S/c1-2-14-3-6-17(7-4-14)27(25,26)23-19-8-5-16(21)13-18(19)20(24)15-9-11-22-12-10-15/h3-13,23H,2H2,1H3. The van der Waals surface area contributed by atoms with Crippen molar-refractivity contribution in [2.45, 2.75) is 18.2 Å². The Bertz CT molecular complexity index is 1070. The van der Waals surface area contributed by atoms with Gasteiger partial charge in [0.1, 0.15) is 0 Å². The predicted molar refractivity (Wildman–Crippen MR) is 106 cm³/mol. The third-order valence-corrected chi connectivity index (χ3v) is 5.67. The molecule has 5 nitrogen and oxygen atoms in total. The van der Waals surface area contributed by atoms with Gasteiger partial charge in [-0.2, -0.15) is 0 Å². The van der Waals surface area contributed by atoms with Crippen LogP contribution in [0.2, 0.25) is 5.02 Å². The summed E-state index contributed by atoms with van der Waals surface area (Å²) in [6.45, 7) is 1.99. The molecule has 0 aliphatic carbocycles. The van der Waals surface area contributed by atoms with Gasteiger partial charge in [-0.1, -0.05) is 30.7 Å². The number of hydrogen-bond acceptors (Lipinski definition) is 4. The molecule has 0 aliphatic heterocycles. The third kappa shape index (κ3) is 4.35. The van der Waals surface area contributed by atoms with Crippen LogP contribution in [-0.2, 0) is 16.4 Å². The molecule has 138 valence electrons. The largest absolute Gasteiger partial charge is 0.289 e. The highest BCUT2D eigenvalue weighted by molar-refractivity contribution is 7.92. The van der Waals surface area contributed by atoms with E-state index in [2.05, 4.69) is 9.71 Å². The highest BCUT2D eigenvalue weighted by Crippen LogP contribution is 2.26. The van der Waals surface area contributed by atoms with Gasteiger partial charge in [0.05, 0.1) is 10.6 Å². The number of nitrogens with zero attached hydrogens (tertiary/aromatic N) is 1. The van der Waals surface area contributed by atoms with E-state index in [1.54, 1.807) is 36.4 Å². The fourth-order valence-electron chi connectivity index (χ4n) is 2.56. The van der Waals surface area contributed by atoms with Crippen LogP contribution in [0, 0.1) is 0 Å². The SMILES string of the molecule is CCc1ccc(S(=O)(=O)Nc2ccc(Cl)cc2C(=O)c2ccncc2)cc1. The van der Waals surface area contributed by atoms with Crippen LogP contribution in [0.1, 0.15) is 28.4 Å². The van der Waals surface area contributed by atoms with E-state index in [-0.39, 0.29) is 21.9 Å². The molecule has 1 heterocycles. The van der Waals surface area contributed by atoms with Gasteiger partial charge in [-0.05, 0) is 54.4 Å². The van der Waals surface area contributed by atoms with Crippen LogP contribution in [0.15, 0.2) is 71.9 Å². The van der Waals surface area contributed by atoms with Crippen molar-refractivity contribution in [3.05, 3.63) is 88.7 Å². The normalized spacial score (nSPS) is 11.2. The third-order valence-electron chi connectivity index (χ3n) is 4.05. The maximum Gasteiger partial charge on any atom is 0.261 e. The predicted octanol–water partition coefficient (Wildman–Crippen LogP) is 4.33. The second-order valence-electron chi connectivity index (χ2n) is 5.86. The average molecular weight is 401 g/mol. The number of hydrogen-bond donors (Lipinski definition) is 1. The van der Waals surface area contributed by atoms with Crippen molar-refractivity contribution in [1.82, 2.24) is 4.98 Å². The van der Waals surface area contributed by atoms with Gasteiger partial charge >= 0.3 is 0 Å². The van der Waals surface area contributed by atoms with E-state index in [0.717, 1.165) is 12.0 Å². The van der Waals surface area contributed by atoms with Crippen molar-refractivity contribution < 1.29 is 13.2 Å². The van der Waals surface area contributed by atoms with Crippen molar-refractivity contribution in [3.8, 4) is 0 Å². The van der Waals surface area contributed by atoms with Gasteiger partial charge in [0.25, 0.3) is 10.0 Å². The molecular weight excluding hydrogens is 384 g/mol. The molecule has 0 aliphatic rings. The summed E-state index contributed by atoms with van der Waals surface area (Å²) in [5.41, 5.74) is 1.76. The molecule has 0 saturated heterocycles. The van der Waals surface area contributed by atoms with E-state index in [1.165, 1.54) is 30.6 Å². The fraction of sp³-hybridized carbons (Fsp3) is 0.100. The summed E-state index contributed by atoms with van der Waals surface area (Å²) in [4.78, 5) is 16.8. The van der Waals surface area contributed by atoms with Crippen LogP contribution >= 0.6 is 11.6 Å². The first kappa shape index (κ1) is 19.1. The Hall–Kier alpha value is -2.70. The number of sulfonamides is 1. The number of anilines is 1. The van der Waals surface area contributed by atoms with Crippen LogP contribution < -0.4 is 4.72 Å². The molecule has 2 aromatic carbocycles. The first-order valence-corrected chi connectivity index (χ1v) is 10.1. The lowest BCUT2D eigenvalue weighted by atomic mass is 10.0. The summed E-state index contributed by atoms with van der Waals surface area (Å²) in [5, 5.41) is 0.336. The van der Waals surface area contributed by atoms with Crippen molar-refractivity contribution in [2.75, 3.05) is 4.72 Å². The summed E-state index contributed by atoms with van der Waals surface area (Å²) in [5.74, 6) is -0.348. The molecule has 0 fully saturated rings. The number of carbonyl (C=O) groups is 1. The Morgan fingerprint density at radius 1 is 1.04 bits per heavy atom. The Kier molecular flexibility index (Phi) is 5.58. The molecule has 0 saturated carbocycles. The van der Waals surface area contributed by atoms with Crippen LogP contribution in [0.25, 0.3) is 0 Å². The minimum Gasteiger partial charge on any atom is -0.289 e. The van der Waals surface area contributed by atoms with E-state index in [1.807, 2.05) is 6.92 Å². The summed E-state index contributed by atoms with van der Waals surface area (Å²) >= 11 is 6.03. The zero-order valence-corrected chi connectivity index (χ0v) is 16.1. The molecule has 0 spiro atoms. The maximum absolute atomic E-state index is 12.8. The zero-order chi connectivity index (χ0) is 19.4. The molecule has 0 amide bonds. The van der Waals surface area contributed by atoms with E-state index >= 15 is 0 Å². The van der Waals surface area contributed by atoms with Crippen molar-refractivity contribution >= 4 is 33.1 Å². The van der Waals surface area contributed by atoms with Crippen molar-refractivity contribution in [3.63, 3.8) is 0 Å². The van der Waals surface area contributed by atoms with Crippen molar-refractivity contribution in [2.24, 2.45) is 0 Å². The Morgan fingerprint density at radius 3 is 2.33 bits per heavy atom. The molecule has 1 aromatic heterocycles. The first-order valence-electron chi connectivity index (χ1n) is 8.27. The molecule has 27 heavy (non-hydrogen) atoms. The highest BCUT2D eigenvalue weighted by Gasteiger charge is 2.20. The molecule has 1 N–H and O–H groups in total. The van der Waals surface area contributed by atoms with E-state index in [9.17, 15) is 13.2 Å². The van der Waals surface area contributed by atoms with E-state index in [0.29, 0.717) is 10.6 Å². The van der Waals surface area contributed by atoms with Crippen LogP contribution in [0.5, 0.6) is 0 Å². The second-order valence-corrected chi connectivity index (χ2v) is 7.98. The number of benzene rings is 2. The topological polar surface area (TPSA) is 76.1 Å². The lowest BCUT2D eigenvalue weighted by Crippen LogP contribution is -2.16. The Balaban J connectivity index is 1.98. The van der Waals surface area contributed by atoms with Crippen LogP contribution in [-0.4, -0.2) is 19.2 Å². The van der Waals surface area contributed by atoms with Gasteiger partial charge in [0.15, 0.2) is 5.78 Å². The minimum absolute atomic E-state index is 0.122. The van der Waals surface area contributed by atoms with Crippen LogP contribution in [0.4, 0.5) is 5.69 Å². The highest BCUT2D eigenvalue weighted by atomic mass is 35.5.